The summed E-state index contributed by atoms with van der Waals surface area (Å²) in [5, 5.41) is 6.91. The molecule has 1 aliphatic carbocycles. The molecule has 3 rings (SSSR count). The molecule has 1 aromatic carbocycles. The van der Waals surface area contributed by atoms with Gasteiger partial charge in [0.1, 0.15) is 0 Å². The number of nitrogens with zero attached hydrogens (tertiary/aromatic N) is 2. The van der Waals surface area contributed by atoms with Crippen molar-refractivity contribution in [3.05, 3.63) is 36.2 Å². The fraction of sp³-hybridized carbons (Fsp3) is 0.438. The largest absolute Gasteiger partial charge is 0.346 e. The Morgan fingerprint density at radius 3 is 2.82 bits per heavy atom. The molecule has 0 radical (unpaired) electrons. The monoisotopic (exact) mass is 300 g/mol. The first-order valence-corrected chi connectivity index (χ1v) is 7.58. The van der Waals surface area contributed by atoms with Gasteiger partial charge in [-0.2, -0.15) is 4.98 Å². The van der Waals surface area contributed by atoms with E-state index >= 15 is 0 Å². The second-order valence-corrected chi connectivity index (χ2v) is 5.82. The molecule has 2 aromatic rings. The second-order valence-electron chi connectivity index (χ2n) is 5.82. The van der Waals surface area contributed by atoms with Gasteiger partial charge in [-0.25, -0.2) is 0 Å². The van der Waals surface area contributed by atoms with Crippen molar-refractivity contribution < 1.29 is 9.32 Å². The molecule has 116 valence electrons. The fourth-order valence-corrected chi connectivity index (χ4v) is 2.76. The molecule has 0 saturated heterocycles. The summed E-state index contributed by atoms with van der Waals surface area (Å²) in [7, 11) is 0. The number of rotatable bonds is 4. The third-order valence-electron chi connectivity index (χ3n) is 4.05. The van der Waals surface area contributed by atoms with E-state index in [9.17, 15) is 4.79 Å². The van der Waals surface area contributed by atoms with Crippen molar-refractivity contribution in [2.45, 2.75) is 38.3 Å². The van der Waals surface area contributed by atoms with Crippen LogP contribution >= 0.6 is 0 Å². The average Bonchev–Trinajstić information content (AvgIpc) is 3.17. The van der Waals surface area contributed by atoms with Gasteiger partial charge >= 0.3 is 0 Å². The molecule has 6 heteroatoms. The average molecular weight is 300 g/mol. The van der Waals surface area contributed by atoms with Gasteiger partial charge in [-0.05, 0) is 38.3 Å². The number of nitrogens with one attached hydrogen (secondary N) is 1. The van der Waals surface area contributed by atoms with Crippen molar-refractivity contribution in [1.82, 2.24) is 15.5 Å². The first-order valence-electron chi connectivity index (χ1n) is 7.58. The van der Waals surface area contributed by atoms with Gasteiger partial charge in [-0.1, -0.05) is 23.4 Å². The van der Waals surface area contributed by atoms with Crippen LogP contribution in [0.2, 0.25) is 0 Å². The van der Waals surface area contributed by atoms with Gasteiger partial charge in [0.05, 0.1) is 6.04 Å². The fourth-order valence-electron chi connectivity index (χ4n) is 2.76. The summed E-state index contributed by atoms with van der Waals surface area (Å²) in [6.07, 6.45) is 2.51. The van der Waals surface area contributed by atoms with E-state index in [0.29, 0.717) is 11.7 Å². The predicted octanol–water partition coefficient (Wildman–Crippen LogP) is 2.04. The molecular formula is C16H20N4O2. The lowest BCUT2D eigenvalue weighted by atomic mass is 10.1. The highest BCUT2D eigenvalue weighted by atomic mass is 16.5. The number of aromatic nitrogens is 2. The second kappa shape index (κ2) is 6.27. The van der Waals surface area contributed by atoms with Crippen molar-refractivity contribution >= 4 is 5.91 Å². The van der Waals surface area contributed by atoms with E-state index in [4.69, 9.17) is 10.3 Å². The summed E-state index contributed by atoms with van der Waals surface area (Å²) in [4.78, 5) is 16.6. The molecule has 22 heavy (non-hydrogen) atoms. The lowest BCUT2D eigenvalue weighted by molar-refractivity contribution is -0.125. The van der Waals surface area contributed by atoms with Crippen LogP contribution in [0.1, 0.15) is 38.1 Å². The Hall–Kier alpha value is -2.21. The van der Waals surface area contributed by atoms with E-state index in [2.05, 4.69) is 15.5 Å². The van der Waals surface area contributed by atoms with Crippen LogP contribution in [0.25, 0.3) is 11.5 Å². The first-order chi connectivity index (χ1) is 10.6. The van der Waals surface area contributed by atoms with Crippen molar-refractivity contribution in [2.24, 2.45) is 11.7 Å². The Morgan fingerprint density at radius 1 is 1.36 bits per heavy atom. The van der Waals surface area contributed by atoms with Crippen molar-refractivity contribution in [3.8, 4) is 11.5 Å². The number of hydrogen-bond acceptors (Lipinski definition) is 5. The summed E-state index contributed by atoms with van der Waals surface area (Å²) in [6.45, 7) is 1.85. The topological polar surface area (TPSA) is 94.0 Å². The van der Waals surface area contributed by atoms with Crippen molar-refractivity contribution in [2.75, 3.05) is 0 Å². The van der Waals surface area contributed by atoms with E-state index in [1.54, 1.807) is 0 Å². The minimum Gasteiger partial charge on any atom is -0.346 e. The third-order valence-corrected chi connectivity index (χ3v) is 4.05. The minimum absolute atomic E-state index is 0.00190. The molecule has 0 spiro atoms. The van der Waals surface area contributed by atoms with Crippen LogP contribution in [-0.2, 0) is 4.79 Å². The van der Waals surface area contributed by atoms with Gasteiger partial charge in [0.25, 0.3) is 5.89 Å². The lowest BCUT2D eigenvalue weighted by Gasteiger charge is -2.14. The molecule has 3 unspecified atom stereocenters. The van der Waals surface area contributed by atoms with Crippen LogP contribution in [0.5, 0.6) is 0 Å². The van der Waals surface area contributed by atoms with E-state index in [0.717, 1.165) is 24.8 Å². The Morgan fingerprint density at radius 2 is 2.14 bits per heavy atom. The molecule has 1 aromatic heterocycles. The molecule has 1 heterocycles. The summed E-state index contributed by atoms with van der Waals surface area (Å²) < 4.78 is 5.26. The number of benzene rings is 1. The van der Waals surface area contributed by atoms with Gasteiger partial charge in [0, 0.05) is 17.5 Å². The van der Waals surface area contributed by atoms with Crippen LogP contribution in [0.3, 0.4) is 0 Å². The summed E-state index contributed by atoms with van der Waals surface area (Å²) in [5.41, 5.74) is 6.72. The minimum atomic E-state index is -0.287. The molecule has 0 bridgehead atoms. The molecule has 0 aliphatic heterocycles. The Kier molecular flexibility index (Phi) is 4.20. The molecule has 3 atom stereocenters. The molecule has 1 amide bonds. The highest BCUT2D eigenvalue weighted by molar-refractivity contribution is 5.79. The summed E-state index contributed by atoms with van der Waals surface area (Å²) in [6, 6.07) is 9.41. The highest BCUT2D eigenvalue weighted by Gasteiger charge is 2.29. The maximum Gasteiger partial charge on any atom is 0.257 e. The number of nitrogens with two attached hydrogens (primary N) is 1. The quantitative estimate of drug-likeness (QED) is 0.901. The zero-order valence-corrected chi connectivity index (χ0v) is 12.5. The number of amides is 1. The SMILES string of the molecule is CC(NC(=O)C1CCC(N)C1)c1noc(-c2ccccc2)n1. The van der Waals surface area contributed by atoms with E-state index < -0.39 is 0 Å². The van der Waals surface area contributed by atoms with Crippen molar-refractivity contribution in [3.63, 3.8) is 0 Å². The number of carbonyl (C=O) groups excluding carboxylic acids is 1. The van der Waals surface area contributed by atoms with Gasteiger partial charge in [0.15, 0.2) is 5.82 Å². The zero-order valence-electron chi connectivity index (χ0n) is 12.5. The third kappa shape index (κ3) is 3.17. The Labute approximate surface area is 129 Å². The maximum atomic E-state index is 12.2. The Bertz CT molecular complexity index is 641. The van der Waals surface area contributed by atoms with Crippen LogP contribution in [0.15, 0.2) is 34.9 Å². The summed E-state index contributed by atoms with van der Waals surface area (Å²) in [5.74, 6) is 0.957. The van der Waals surface area contributed by atoms with Crippen LogP contribution in [0, 0.1) is 5.92 Å². The van der Waals surface area contributed by atoms with Crippen LogP contribution in [0.4, 0.5) is 0 Å². The predicted molar refractivity (Wildman–Crippen MR) is 81.6 cm³/mol. The molecule has 6 nitrogen and oxygen atoms in total. The first kappa shape index (κ1) is 14.7. The van der Waals surface area contributed by atoms with Gasteiger partial charge < -0.3 is 15.6 Å². The van der Waals surface area contributed by atoms with Gasteiger partial charge in [-0.15, -0.1) is 0 Å². The Balaban J connectivity index is 1.64. The standard InChI is InChI=1S/C16H20N4O2/c1-10(18-15(21)12-7-8-13(17)9-12)14-19-16(22-20-14)11-5-3-2-4-6-11/h2-6,10,12-13H,7-9,17H2,1H3,(H,18,21). The van der Waals surface area contributed by atoms with E-state index in [1.165, 1.54) is 0 Å². The van der Waals surface area contributed by atoms with Gasteiger partial charge in [-0.3, -0.25) is 4.79 Å². The molecular weight excluding hydrogens is 280 g/mol. The molecule has 1 fully saturated rings. The van der Waals surface area contributed by atoms with Gasteiger partial charge in [0.2, 0.25) is 5.91 Å². The molecule has 3 N–H and O–H groups in total. The zero-order chi connectivity index (χ0) is 15.5. The number of carbonyl (C=O) groups is 1. The van der Waals surface area contributed by atoms with Crippen LogP contribution in [-0.4, -0.2) is 22.1 Å². The van der Waals surface area contributed by atoms with Crippen molar-refractivity contribution in [1.29, 1.82) is 0 Å². The van der Waals surface area contributed by atoms with E-state index in [1.807, 2.05) is 37.3 Å². The smallest absolute Gasteiger partial charge is 0.257 e. The van der Waals surface area contributed by atoms with E-state index in [-0.39, 0.29) is 23.9 Å². The van der Waals surface area contributed by atoms with Crippen LogP contribution < -0.4 is 11.1 Å². The molecule has 1 saturated carbocycles. The normalized spacial score (nSPS) is 22.5. The number of hydrogen-bond donors (Lipinski definition) is 2. The lowest BCUT2D eigenvalue weighted by Crippen LogP contribution is -2.33. The highest BCUT2D eigenvalue weighted by Crippen LogP contribution is 2.25. The molecule has 1 aliphatic rings. The maximum absolute atomic E-state index is 12.2. The summed E-state index contributed by atoms with van der Waals surface area (Å²) >= 11 is 0.